The third-order valence-corrected chi connectivity index (χ3v) is 6.05. The van der Waals surface area contributed by atoms with Crippen LogP contribution in [0.5, 0.6) is 5.75 Å². The van der Waals surface area contributed by atoms with Crippen LogP contribution in [0.3, 0.4) is 0 Å². The van der Waals surface area contributed by atoms with Gasteiger partial charge in [0.05, 0.1) is 31.4 Å². The summed E-state index contributed by atoms with van der Waals surface area (Å²) >= 11 is 13.5. The average molecular weight is 502 g/mol. The molecule has 0 radical (unpaired) electrons. The minimum absolute atomic E-state index is 0.0340. The van der Waals surface area contributed by atoms with Crippen LogP contribution in [0.25, 0.3) is 20.8 Å². The van der Waals surface area contributed by atoms with Gasteiger partial charge >= 0.3 is 5.97 Å². The lowest BCUT2D eigenvalue weighted by Gasteiger charge is -2.13. The summed E-state index contributed by atoms with van der Waals surface area (Å²) in [6.45, 7) is 1.17. The topological polar surface area (TPSA) is 111 Å². The van der Waals surface area contributed by atoms with Crippen molar-refractivity contribution in [3.05, 3.63) is 80.3 Å². The van der Waals surface area contributed by atoms with Gasteiger partial charge in [0.1, 0.15) is 5.01 Å². The zero-order chi connectivity index (χ0) is 23.7. The number of non-ortho nitro benzene ring substituents is 1. The summed E-state index contributed by atoms with van der Waals surface area (Å²) in [6.07, 6.45) is 0. The number of aromatic nitrogens is 1. The number of anilines is 1. The van der Waals surface area contributed by atoms with Gasteiger partial charge in [0.15, 0.2) is 5.75 Å². The monoisotopic (exact) mass is 501 g/mol. The average Bonchev–Trinajstić information content (AvgIpc) is 3.19. The van der Waals surface area contributed by atoms with Crippen LogP contribution in [-0.4, -0.2) is 21.8 Å². The Hall–Kier alpha value is -3.53. The van der Waals surface area contributed by atoms with E-state index in [0.29, 0.717) is 10.6 Å². The molecule has 0 saturated heterocycles. The molecule has 1 amide bonds. The summed E-state index contributed by atoms with van der Waals surface area (Å²) in [5.74, 6) is -1.57. The number of thiazole rings is 1. The van der Waals surface area contributed by atoms with E-state index in [4.69, 9.17) is 27.9 Å². The summed E-state index contributed by atoms with van der Waals surface area (Å²) < 4.78 is 6.02. The minimum Gasteiger partial charge on any atom is -0.424 e. The molecule has 0 bridgehead atoms. The Morgan fingerprint density at radius 1 is 1.12 bits per heavy atom. The lowest BCUT2D eigenvalue weighted by Crippen LogP contribution is -2.16. The van der Waals surface area contributed by atoms with Crippen LogP contribution in [0.4, 0.5) is 11.4 Å². The lowest BCUT2D eigenvalue weighted by atomic mass is 10.1. The molecule has 0 saturated carbocycles. The number of fused-ring (bicyclic) bond motifs is 1. The van der Waals surface area contributed by atoms with E-state index in [1.54, 1.807) is 0 Å². The Balaban J connectivity index is 1.80. The van der Waals surface area contributed by atoms with Crippen molar-refractivity contribution in [3.8, 4) is 16.3 Å². The second-order valence-electron chi connectivity index (χ2n) is 6.79. The fourth-order valence-electron chi connectivity index (χ4n) is 3.09. The number of amides is 1. The molecular weight excluding hydrogens is 489 g/mol. The van der Waals surface area contributed by atoms with Crippen LogP contribution >= 0.6 is 34.5 Å². The van der Waals surface area contributed by atoms with Gasteiger partial charge in [-0.25, -0.2) is 4.98 Å². The number of rotatable bonds is 5. The molecule has 0 unspecified atom stereocenters. The number of hydrogen-bond acceptors (Lipinski definition) is 7. The van der Waals surface area contributed by atoms with Crippen molar-refractivity contribution in [2.45, 2.75) is 6.92 Å². The molecule has 1 N–H and O–H groups in total. The molecule has 166 valence electrons. The van der Waals surface area contributed by atoms with E-state index < -0.39 is 16.8 Å². The van der Waals surface area contributed by atoms with Crippen LogP contribution in [0.2, 0.25) is 10.0 Å². The number of nitrogens with zero attached hydrogens (tertiary/aromatic N) is 2. The van der Waals surface area contributed by atoms with Crippen molar-refractivity contribution in [3.63, 3.8) is 0 Å². The Morgan fingerprint density at radius 3 is 2.58 bits per heavy atom. The number of carbonyl (C=O) groups is 2. The standard InChI is InChI=1S/C22H13Cl2N3O5S/c1-11(28)32-20-15(8-12(23)9-16(20)24)21(29)25-18-10-13(27(30)31)6-7-14(18)22-26-17-4-2-3-5-19(17)33-22/h2-10H,1H3,(H,25,29). The lowest BCUT2D eigenvalue weighted by molar-refractivity contribution is -0.384. The highest BCUT2D eigenvalue weighted by atomic mass is 35.5. The quantitative estimate of drug-likeness (QED) is 0.147. The molecule has 0 spiro atoms. The third kappa shape index (κ3) is 4.80. The fourth-order valence-corrected chi connectivity index (χ4v) is 4.63. The predicted octanol–water partition coefficient (Wildman–Crippen LogP) is 6.36. The number of hydrogen-bond donors (Lipinski definition) is 1. The molecule has 3 aromatic carbocycles. The van der Waals surface area contributed by atoms with E-state index in [0.717, 1.165) is 10.2 Å². The van der Waals surface area contributed by atoms with Gasteiger partial charge < -0.3 is 10.1 Å². The molecule has 0 atom stereocenters. The van der Waals surface area contributed by atoms with Gasteiger partial charge in [-0.15, -0.1) is 11.3 Å². The summed E-state index contributed by atoms with van der Waals surface area (Å²) in [7, 11) is 0. The van der Waals surface area contributed by atoms with Crippen molar-refractivity contribution >= 4 is 68.0 Å². The van der Waals surface area contributed by atoms with Gasteiger partial charge in [-0.1, -0.05) is 35.3 Å². The smallest absolute Gasteiger partial charge is 0.308 e. The first-order chi connectivity index (χ1) is 15.7. The zero-order valence-electron chi connectivity index (χ0n) is 16.8. The maximum absolute atomic E-state index is 13.2. The molecule has 33 heavy (non-hydrogen) atoms. The van der Waals surface area contributed by atoms with E-state index in [-0.39, 0.29) is 32.7 Å². The molecule has 0 fully saturated rings. The van der Waals surface area contributed by atoms with E-state index in [1.807, 2.05) is 24.3 Å². The largest absolute Gasteiger partial charge is 0.424 e. The SMILES string of the molecule is CC(=O)Oc1c(Cl)cc(Cl)cc1C(=O)Nc1cc([N+](=O)[O-])ccc1-c1nc2ccccc2s1. The van der Waals surface area contributed by atoms with Crippen molar-refractivity contribution in [1.29, 1.82) is 0 Å². The highest BCUT2D eigenvalue weighted by Gasteiger charge is 2.22. The van der Waals surface area contributed by atoms with E-state index in [1.165, 1.54) is 48.6 Å². The number of esters is 1. The first kappa shape index (κ1) is 22.7. The first-order valence-electron chi connectivity index (χ1n) is 9.36. The van der Waals surface area contributed by atoms with Crippen LogP contribution in [0.1, 0.15) is 17.3 Å². The van der Waals surface area contributed by atoms with Crippen molar-refractivity contribution in [2.75, 3.05) is 5.32 Å². The Morgan fingerprint density at radius 2 is 1.88 bits per heavy atom. The van der Waals surface area contributed by atoms with Crippen LogP contribution < -0.4 is 10.1 Å². The highest BCUT2D eigenvalue weighted by molar-refractivity contribution is 7.21. The molecule has 0 aliphatic carbocycles. The molecular formula is C22H13Cl2N3O5S. The predicted molar refractivity (Wildman–Crippen MR) is 127 cm³/mol. The number of para-hydroxylation sites is 1. The number of halogens is 2. The van der Waals surface area contributed by atoms with E-state index in [9.17, 15) is 19.7 Å². The van der Waals surface area contributed by atoms with Gasteiger partial charge in [-0.05, 0) is 30.3 Å². The molecule has 1 heterocycles. The van der Waals surface area contributed by atoms with Crippen molar-refractivity contribution in [2.24, 2.45) is 0 Å². The Bertz CT molecular complexity index is 1400. The van der Waals surface area contributed by atoms with Crippen molar-refractivity contribution in [1.82, 2.24) is 4.98 Å². The number of nitro groups is 1. The maximum atomic E-state index is 13.2. The summed E-state index contributed by atoms with van der Waals surface area (Å²) in [6, 6.07) is 14.2. The van der Waals surface area contributed by atoms with Gasteiger partial charge in [-0.2, -0.15) is 0 Å². The number of carbonyl (C=O) groups excluding carboxylic acids is 2. The van der Waals surface area contributed by atoms with Gasteiger partial charge in [0.25, 0.3) is 11.6 Å². The fraction of sp³-hybridized carbons (Fsp3) is 0.0455. The summed E-state index contributed by atoms with van der Waals surface area (Å²) in [5, 5.41) is 14.7. The molecule has 8 nitrogen and oxygen atoms in total. The van der Waals surface area contributed by atoms with E-state index in [2.05, 4.69) is 10.3 Å². The molecule has 11 heteroatoms. The minimum atomic E-state index is -0.724. The van der Waals surface area contributed by atoms with Gasteiger partial charge in [-0.3, -0.25) is 19.7 Å². The maximum Gasteiger partial charge on any atom is 0.308 e. The summed E-state index contributed by atoms with van der Waals surface area (Å²) in [5.41, 5.74) is 1.06. The van der Waals surface area contributed by atoms with Crippen molar-refractivity contribution < 1.29 is 19.2 Å². The number of nitro benzene ring substituents is 1. The molecule has 0 aliphatic rings. The van der Waals surface area contributed by atoms with Crippen LogP contribution in [0.15, 0.2) is 54.6 Å². The Labute approximate surface area is 200 Å². The number of ether oxygens (including phenoxy) is 1. The number of nitrogens with one attached hydrogen (secondary N) is 1. The second kappa shape index (κ2) is 9.14. The van der Waals surface area contributed by atoms with Gasteiger partial charge in [0.2, 0.25) is 0 Å². The van der Waals surface area contributed by atoms with Gasteiger partial charge in [0, 0.05) is 29.6 Å². The number of benzene rings is 3. The summed E-state index contributed by atoms with van der Waals surface area (Å²) in [4.78, 5) is 40.0. The molecule has 0 aliphatic heterocycles. The molecule has 4 rings (SSSR count). The first-order valence-corrected chi connectivity index (χ1v) is 10.9. The molecule has 1 aromatic heterocycles. The Kier molecular flexibility index (Phi) is 6.28. The highest BCUT2D eigenvalue weighted by Crippen LogP contribution is 2.38. The normalized spacial score (nSPS) is 10.8. The second-order valence-corrected chi connectivity index (χ2v) is 8.66. The van der Waals surface area contributed by atoms with Crippen LogP contribution in [-0.2, 0) is 4.79 Å². The van der Waals surface area contributed by atoms with Crippen LogP contribution in [0, 0.1) is 10.1 Å². The zero-order valence-corrected chi connectivity index (χ0v) is 19.1. The van der Waals surface area contributed by atoms with E-state index >= 15 is 0 Å². The third-order valence-electron chi connectivity index (χ3n) is 4.49. The molecule has 4 aromatic rings.